The molecule has 33 heavy (non-hydrogen) atoms. The SMILES string of the molecule is COCCCNC(=O)[C@@H]1CCCN(C(=O)c2cccc(NS(=O)(=O)c3ccc(C)cc3)c2)C1. The van der Waals surface area contributed by atoms with Crippen molar-refractivity contribution < 1.29 is 22.7 Å². The Hall–Kier alpha value is -2.91. The summed E-state index contributed by atoms with van der Waals surface area (Å²) in [6.07, 6.45) is 2.21. The van der Waals surface area contributed by atoms with Gasteiger partial charge in [0.05, 0.1) is 10.8 Å². The van der Waals surface area contributed by atoms with Gasteiger partial charge >= 0.3 is 0 Å². The molecule has 1 aliphatic rings. The van der Waals surface area contributed by atoms with Gasteiger partial charge < -0.3 is 15.0 Å². The van der Waals surface area contributed by atoms with E-state index in [1.54, 1.807) is 54.5 Å². The number of amides is 2. The van der Waals surface area contributed by atoms with E-state index >= 15 is 0 Å². The lowest BCUT2D eigenvalue weighted by molar-refractivity contribution is -0.126. The number of likely N-dealkylation sites (tertiary alicyclic amines) is 1. The number of carbonyl (C=O) groups excluding carboxylic acids is 2. The van der Waals surface area contributed by atoms with Crippen molar-refractivity contribution in [3.8, 4) is 0 Å². The smallest absolute Gasteiger partial charge is 0.261 e. The van der Waals surface area contributed by atoms with Crippen LogP contribution in [-0.4, -0.2) is 58.5 Å². The molecule has 0 unspecified atom stereocenters. The molecule has 0 radical (unpaired) electrons. The van der Waals surface area contributed by atoms with Crippen LogP contribution < -0.4 is 10.0 Å². The Bertz CT molecular complexity index is 1070. The summed E-state index contributed by atoms with van der Waals surface area (Å²) in [5.41, 5.74) is 1.65. The Morgan fingerprint density at radius 3 is 2.64 bits per heavy atom. The summed E-state index contributed by atoms with van der Waals surface area (Å²) in [4.78, 5) is 27.4. The van der Waals surface area contributed by atoms with Gasteiger partial charge in [0.2, 0.25) is 5.91 Å². The average Bonchev–Trinajstić information content (AvgIpc) is 2.81. The van der Waals surface area contributed by atoms with Crippen molar-refractivity contribution >= 4 is 27.5 Å². The predicted octanol–water partition coefficient (Wildman–Crippen LogP) is 2.80. The lowest BCUT2D eigenvalue weighted by atomic mass is 9.96. The number of methoxy groups -OCH3 is 1. The Balaban J connectivity index is 1.65. The number of benzene rings is 2. The Kier molecular flexibility index (Phi) is 8.46. The van der Waals surface area contributed by atoms with Crippen LogP contribution in [0.2, 0.25) is 0 Å². The van der Waals surface area contributed by atoms with E-state index in [0.29, 0.717) is 37.5 Å². The molecule has 1 fully saturated rings. The van der Waals surface area contributed by atoms with E-state index in [-0.39, 0.29) is 22.6 Å². The molecule has 0 saturated carbocycles. The Morgan fingerprint density at radius 2 is 1.91 bits per heavy atom. The fourth-order valence-corrected chi connectivity index (χ4v) is 4.83. The Labute approximate surface area is 195 Å². The minimum absolute atomic E-state index is 0.0526. The fraction of sp³-hybridized carbons (Fsp3) is 0.417. The van der Waals surface area contributed by atoms with Crippen LogP contribution in [0.1, 0.15) is 35.2 Å². The molecular weight excluding hydrogens is 442 g/mol. The summed E-state index contributed by atoms with van der Waals surface area (Å²) in [5.74, 6) is -0.528. The number of rotatable bonds is 9. The van der Waals surface area contributed by atoms with Crippen LogP contribution in [-0.2, 0) is 19.6 Å². The molecule has 2 aromatic carbocycles. The molecule has 2 N–H and O–H groups in total. The molecule has 3 rings (SSSR count). The van der Waals surface area contributed by atoms with Crippen LogP contribution in [0.25, 0.3) is 0 Å². The van der Waals surface area contributed by atoms with Crippen molar-refractivity contribution in [2.24, 2.45) is 5.92 Å². The first-order chi connectivity index (χ1) is 15.8. The summed E-state index contributed by atoms with van der Waals surface area (Å²) < 4.78 is 32.9. The highest BCUT2D eigenvalue weighted by Gasteiger charge is 2.29. The summed E-state index contributed by atoms with van der Waals surface area (Å²) in [7, 11) is -2.15. The van der Waals surface area contributed by atoms with Gasteiger partial charge in [0, 0.05) is 44.6 Å². The van der Waals surface area contributed by atoms with Gasteiger partial charge in [-0.1, -0.05) is 23.8 Å². The van der Waals surface area contributed by atoms with E-state index in [2.05, 4.69) is 10.0 Å². The molecule has 9 heteroatoms. The van der Waals surface area contributed by atoms with E-state index in [9.17, 15) is 18.0 Å². The van der Waals surface area contributed by atoms with E-state index in [1.165, 1.54) is 6.07 Å². The largest absolute Gasteiger partial charge is 0.385 e. The maximum absolute atomic E-state index is 13.1. The van der Waals surface area contributed by atoms with Crippen LogP contribution >= 0.6 is 0 Å². The molecule has 0 spiro atoms. The van der Waals surface area contributed by atoms with Crippen molar-refractivity contribution in [2.75, 3.05) is 38.1 Å². The number of ether oxygens (including phenoxy) is 1. The quantitative estimate of drug-likeness (QED) is 0.545. The van der Waals surface area contributed by atoms with E-state index in [0.717, 1.165) is 24.8 Å². The van der Waals surface area contributed by atoms with E-state index < -0.39 is 10.0 Å². The van der Waals surface area contributed by atoms with Gasteiger partial charge in [-0.05, 0) is 56.5 Å². The van der Waals surface area contributed by atoms with Crippen molar-refractivity contribution in [1.29, 1.82) is 0 Å². The lowest BCUT2D eigenvalue weighted by Gasteiger charge is -2.32. The number of piperidine rings is 1. The molecule has 0 aliphatic carbocycles. The van der Waals surface area contributed by atoms with Crippen molar-refractivity contribution in [3.05, 3.63) is 59.7 Å². The normalized spacial score (nSPS) is 16.3. The summed E-state index contributed by atoms with van der Waals surface area (Å²) in [5, 5.41) is 2.91. The summed E-state index contributed by atoms with van der Waals surface area (Å²) >= 11 is 0. The van der Waals surface area contributed by atoms with Gasteiger partial charge in [-0.25, -0.2) is 8.42 Å². The third-order valence-corrected chi connectivity index (χ3v) is 6.99. The van der Waals surface area contributed by atoms with Crippen LogP contribution in [0.5, 0.6) is 0 Å². The zero-order chi connectivity index (χ0) is 23.8. The minimum atomic E-state index is -3.77. The topological polar surface area (TPSA) is 105 Å². The summed E-state index contributed by atoms with van der Waals surface area (Å²) in [6.45, 7) is 3.91. The highest BCUT2D eigenvalue weighted by atomic mass is 32.2. The standard InChI is InChI=1S/C24H31N3O5S/c1-18-9-11-22(12-10-18)33(30,31)26-21-8-3-6-19(16-21)24(29)27-14-4-7-20(17-27)23(28)25-13-5-15-32-2/h3,6,8-12,16,20,26H,4-5,7,13-15,17H2,1-2H3,(H,25,28)/t20-/m1/s1. The molecule has 1 heterocycles. The maximum atomic E-state index is 13.1. The van der Waals surface area contributed by atoms with Gasteiger partial charge in [0.1, 0.15) is 0 Å². The van der Waals surface area contributed by atoms with Gasteiger partial charge in [-0.2, -0.15) is 0 Å². The number of nitrogens with one attached hydrogen (secondary N) is 2. The third kappa shape index (κ3) is 6.79. The first-order valence-electron chi connectivity index (χ1n) is 11.1. The zero-order valence-electron chi connectivity index (χ0n) is 19.0. The highest BCUT2D eigenvalue weighted by molar-refractivity contribution is 7.92. The predicted molar refractivity (Wildman–Crippen MR) is 127 cm³/mol. The lowest BCUT2D eigenvalue weighted by Crippen LogP contribution is -2.45. The van der Waals surface area contributed by atoms with E-state index in [1.807, 2.05) is 6.92 Å². The molecule has 8 nitrogen and oxygen atoms in total. The van der Waals surface area contributed by atoms with Crippen LogP contribution in [0, 0.1) is 12.8 Å². The number of hydrogen-bond donors (Lipinski definition) is 2. The molecule has 2 aromatic rings. The van der Waals surface area contributed by atoms with Crippen LogP contribution in [0.4, 0.5) is 5.69 Å². The second kappa shape index (κ2) is 11.3. The van der Waals surface area contributed by atoms with Crippen molar-refractivity contribution in [2.45, 2.75) is 31.1 Å². The molecule has 178 valence electrons. The molecular formula is C24H31N3O5S. The molecule has 1 saturated heterocycles. The summed E-state index contributed by atoms with van der Waals surface area (Å²) in [6, 6.07) is 13.0. The number of hydrogen-bond acceptors (Lipinski definition) is 5. The molecule has 1 atom stereocenters. The second-order valence-electron chi connectivity index (χ2n) is 8.23. The van der Waals surface area contributed by atoms with Gasteiger partial charge in [-0.3, -0.25) is 14.3 Å². The van der Waals surface area contributed by atoms with Gasteiger partial charge in [-0.15, -0.1) is 0 Å². The highest BCUT2D eigenvalue weighted by Crippen LogP contribution is 2.22. The van der Waals surface area contributed by atoms with Crippen molar-refractivity contribution in [1.82, 2.24) is 10.2 Å². The number of sulfonamides is 1. The first-order valence-corrected chi connectivity index (χ1v) is 12.5. The molecule has 1 aliphatic heterocycles. The number of aryl methyl sites for hydroxylation is 1. The van der Waals surface area contributed by atoms with Gasteiger partial charge in [0.25, 0.3) is 15.9 Å². The first kappa shape index (κ1) is 24.7. The van der Waals surface area contributed by atoms with Crippen LogP contribution in [0.15, 0.2) is 53.4 Å². The molecule has 2 amide bonds. The molecule has 0 aromatic heterocycles. The number of nitrogens with zero attached hydrogens (tertiary/aromatic N) is 1. The monoisotopic (exact) mass is 473 g/mol. The number of carbonyl (C=O) groups is 2. The van der Waals surface area contributed by atoms with Crippen LogP contribution in [0.3, 0.4) is 0 Å². The fourth-order valence-electron chi connectivity index (χ4n) is 3.78. The second-order valence-corrected chi connectivity index (χ2v) is 9.91. The average molecular weight is 474 g/mol. The van der Waals surface area contributed by atoms with E-state index in [4.69, 9.17) is 4.74 Å². The maximum Gasteiger partial charge on any atom is 0.261 e. The zero-order valence-corrected chi connectivity index (χ0v) is 19.9. The van der Waals surface area contributed by atoms with Gasteiger partial charge in [0.15, 0.2) is 0 Å². The molecule has 0 bridgehead atoms. The Morgan fingerprint density at radius 1 is 1.15 bits per heavy atom. The third-order valence-electron chi connectivity index (χ3n) is 5.60. The van der Waals surface area contributed by atoms with Crippen molar-refractivity contribution in [3.63, 3.8) is 0 Å². The minimum Gasteiger partial charge on any atom is -0.385 e. The number of anilines is 1.